The van der Waals surface area contributed by atoms with Gasteiger partial charge in [0.1, 0.15) is 11.6 Å². The molecule has 1 heterocycles. The van der Waals surface area contributed by atoms with E-state index in [9.17, 15) is 18.5 Å². The topological polar surface area (TPSA) is 131 Å². The van der Waals surface area contributed by atoms with Crippen molar-refractivity contribution >= 4 is 39.3 Å². The zero-order valence-corrected chi connectivity index (χ0v) is 18.9. The summed E-state index contributed by atoms with van der Waals surface area (Å²) < 4.78 is 24.5. The van der Waals surface area contributed by atoms with Crippen LogP contribution in [0.4, 0.5) is 5.69 Å². The van der Waals surface area contributed by atoms with Crippen LogP contribution >= 0.6 is 11.6 Å². The first-order valence-electron chi connectivity index (χ1n) is 9.43. The molecule has 2 aromatic carbocycles. The van der Waals surface area contributed by atoms with Crippen LogP contribution in [0.15, 0.2) is 59.0 Å². The Bertz CT molecular complexity index is 1350. The van der Waals surface area contributed by atoms with Crippen molar-refractivity contribution in [2.45, 2.75) is 25.3 Å². The Kier molecular flexibility index (Phi) is 6.79. The summed E-state index contributed by atoms with van der Waals surface area (Å²) in [6.07, 6.45) is 1.48. The molecule has 8 nitrogen and oxygen atoms in total. The van der Waals surface area contributed by atoms with E-state index >= 15 is 0 Å². The molecule has 3 N–H and O–H groups in total. The lowest BCUT2D eigenvalue weighted by Crippen LogP contribution is -2.15. The molecule has 1 amide bonds. The number of nitrogens with zero attached hydrogens (tertiary/aromatic N) is 3. The van der Waals surface area contributed by atoms with Crippen LogP contribution in [0.2, 0.25) is 5.02 Å². The van der Waals surface area contributed by atoms with Crippen LogP contribution in [0.1, 0.15) is 22.5 Å². The van der Waals surface area contributed by atoms with Crippen molar-refractivity contribution < 1.29 is 13.2 Å². The van der Waals surface area contributed by atoms with Crippen LogP contribution in [-0.4, -0.2) is 24.1 Å². The Morgan fingerprint density at radius 3 is 2.47 bits per heavy atom. The molecule has 0 saturated carbocycles. The average Bonchev–Trinajstić information content (AvgIpc) is 3.00. The van der Waals surface area contributed by atoms with E-state index in [0.29, 0.717) is 28.5 Å². The monoisotopic (exact) mass is 469 g/mol. The number of nitrogens with one attached hydrogen (secondary N) is 1. The number of carbonyl (C=O) groups is 1. The Labute approximate surface area is 191 Å². The van der Waals surface area contributed by atoms with Gasteiger partial charge in [-0.05, 0) is 55.8 Å². The quantitative estimate of drug-likeness (QED) is 0.422. The molecule has 0 unspecified atom stereocenters. The summed E-state index contributed by atoms with van der Waals surface area (Å²) in [7, 11) is -3.84. The van der Waals surface area contributed by atoms with Gasteiger partial charge in [-0.3, -0.25) is 9.48 Å². The number of benzene rings is 2. The first kappa shape index (κ1) is 23.2. The number of halogens is 1. The number of nitriles is 1. The van der Waals surface area contributed by atoms with Gasteiger partial charge in [-0.15, -0.1) is 0 Å². The van der Waals surface area contributed by atoms with Crippen LogP contribution < -0.4 is 10.5 Å². The fraction of sp³-hybridized carbons (Fsp3) is 0.136. The highest BCUT2D eigenvalue weighted by Gasteiger charge is 2.16. The number of aromatic nitrogens is 2. The van der Waals surface area contributed by atoms with Crippen molar-refractivity contribution in [3.63, 3.8) is 0 Å². The highest BCUT2D eigenvalue weighted by molar-refractivity contribution is 7.89. The van der Waals surface area contributed by atoms with E-state index in [1.54, 1.807) is 17.7 Å². The third-order valence-corrected chi connectivity index (χ3v) is 6.11. The van der Waals surface area contributed by atoms with E-state index in [4.69, 9.17) is 16.7 Å². The molecule has 1 aromatic heterocycles. The van der Waals surface area contributed by atoms with Crippen molar-refractivity contribution in [3.8, 4) is 6.07 Å². The van der Waals surface area contributed by atoms with Crippen molar-refractivity contribution in [3.05, 3.63) is 81.6 Å². The van der Waals surface area contributed by atoms with Gasteiger partial charge < -0.3 is 5.32 Å². The molecular weight excluding hydrogens is 450 g/mol. The van der Waals surface area contributed by atoms with Gasteiger partial charge in [-0.25, -0.2) is 13.6 Å². The molecule has 3 aromatic rings. The molecule has 3 rings (SSSR count). The molecule has 0 bridgehead atoms. The zero-order valence-electron chi connectivity index (χ0n) is 17.3. The number of hydrogen-bond donors (Lipinski definition) is 2. The zero-order chi connectivity index (χ0) is 23.5. The van der Waals surface area contributed by atoms with E-state index in [-0.39, 0.29) is 10.5 Å². The van der Waals surface area contributed by atoms with Gasteiger partial charge in [0.15, 0.2) is 0 Å². The second kappa shape index (κ2) is 9.36. The summed E-state index contributed by atoms with van der Waals surface area (Å²) in [6.45, 7) is 4.09. The van der Waals surface area contributed by atoms with Crippen molar-refractivity contribution in [1.29, 1.82) is 5.26 Å². The summed E-state index contributed by atoms with van der Waals surface area (Å²) in [5.41, 5.74) is 3.20. The number of amides is 1. The second-order valence-corrected chi connectivity index (χ2v) is 9.00. The Hall–Kier alpha value is -3.45. The van der Waals surface area contributed by atoms with Gasteiger partial charge in [-0.2, -0.15) is 10.4 Å². The van der Waals surface area contributed by atoms with E-state index in [1.807, 2.05) is 31.2 Å². The second-order valence-electron chi connectivity index (χ2n) is 7.03. The first-order chi connectivity index (χ1) is 15.1. The molecule has 0 aliphatic rings. The summed E-state index contributed by atoms with van der Waals surface area (Å²) in [5.74, 6) is -0.631. The smallest absolute Gasteiger partial charge is 0.266 e. The number of carbonyl (C=O) groups excluding carboxylic acids is 1. The molecule has 0 aliphatic carbocycles. The number of anilines is 1. The molecular formula is C22H20ClN5O3S. The van der Waals surface area contributed by atoms with Gasteiger partial charge in [0.05, 0.1) is 17.1 Å². The van der Waals surface area contributed by atoms with E-state index in [0.717, 1.165) is 11.3 Å². The number of nitrogens with two attached hydrogens (primary N) is 1. The molecule has 32 heavy (non-hydrogen) atoms. The Morgan fingerprint density at radius 1 is 1.22 bits per heavy atom. The fourth-order valence-corrected chi connectivity index (χ4v) is 3.79. The number of hydrogen-bond acceptors (Lipinski definition) is 5. The largest absolute Gasteiger partial charge is 0.321 e. The van der Waals surface area contributed by atoms with Crippen LogP contribution in [-0.2, 0) is 21.4 Å². The van der Waals surface area contributed by atoms with E-state index < -0.39 is 15.9 Å². The Morgan fingerprint density at radius 2 is 1.88 bits per heavy atom. The van der Waals surface area contributed by atoms with Gasteiger partial charge in [-0.1, -0.05) is 29.8 Å². The standard InChI is InChI=1S/C22H20ClN5O3S/c1-14-20(15(2)28(27-14)13-16-5-3-4-6-21(16)23)11-17(12-24)22(29)26-18-7-9-19(10-8-18)32(25,30)31/h3-11H,13H2,1-2H3,(H,26,29)(H2,25,30,31)/b17-11+. The molecule has 0 aliphatic heterocycles. The fourth-order valence-electron chi connectivity index (χ4n) is 3.08. The Balaban J connectivity index is 1.84. The maximum Gasteiger partial charge on any atom is 0.266 e. The predicted octanol–water partition coefficient (Wildman–Crippen LogP) is 3.39. The van der Waals surface area contributed by atoms with Gasteiger partial charge >= 0.3 is 0 Å². The average molecular weight is 470 g/mol. The van der Waals surface area contributed by atoms with Gasteiger partial charge in [0.2, 0.25) is 10.0 Å². The summed E-state index contributed by atoms with van der Waals surface area (Å²) >= 11 is 6.24. The number of primary sulfonamides is 1. The molecule has 0 radical (unpaired) electrons. The lowest BCUT2D eigenvalue weighted by atomic mass is 10.1. The molecule has 0 spiro atoms. The van der Waals surface area contributed by atoms with Crippen LogP contribution in [0.25, 0.3) is 6.08 Å². The minimum Gasteiger partial charge on any atom is -0.321 e. The van der Waals surface area contributed by atoms with E-state index in [2.05, 4.69) is 10.4 Å². The van der Waals surface area contributed by atoms with Crippen LogP contribution in [0, 0.1) is 25.2 Å². The lowest BCUT2D eigenvalue weighted by Gasteiger charge is -2.07. The molecule has 0 saturated heterocycles. The van der Waals surface area contributed by atoms with E-state index in [1.165, 1.54) is 30.3 Å². The van der Waals surface area contributed by atoms with Gasteiger partial charge in [0, 0.05) is 22.0 Å². The van der Waals surface area contributed by atoms with Crippen molar-refractivity contribution in [2.24, 2.45) is 5.14 Å². The number of sulfonamides is 1. The molecule has 10 heteroatoms. The van der Waals surface area contributed by atoms with Crippen molar-refractivity contribution in [1.82, 2.24) is 9.78 Å². The van der Waals surface area contributed by atoms with Gasteiger partial charge in [0.25, 0.3) is 5.91 Å². The third-order valence-electron chi connectivity index (χ3n) is 4.81. The highest BCUT2D eigenvalue weighted by Crippen LogP contribution is 2.22. The maximum atomic E-state index is 12.6. The lowest BCUT2D eigenvalue weighted by molar-refractivity contribution is -0.112. The summed E-state index contributed by atoms with van der Waals surface area (Å²) in [4.78, 5) is 12.5. The van der Waals surface area contributed by atoms with Crippen molar-refractivity contribution in [2.75, 3.05) is 5.32 Å². The highest BCUT2D eigenvalue weighted by atomic mass is 35.5. The maximum absolute atomic E-state index is 12.6. The third kappa shape index (κ3) is 5.23. The predicted molar refractivity (Wildman–Crippen MR) is 122 cm³/mol. The number of aryl methyl sites for hydroxylation is 1. The molecule has 164 valence electrons. The molecule has 0 atom stereocenters. The van der Waals surface area contributed by atoms with Crippen LogP contribution in [0.3, 0.4) is 0 Å². The van der Waals surface area contributed by atoms with Crippen LogP contribution in [0.5, 0.6) is 0 Å². The summed E-state index contributed by atoms with van der Waals surface area (Å²) in [5, 5.41) is 22.3. The minimum absolute atomic E-state index is 0.0799. The minimum atomic E-state index is -3.84. The molecule has 0 fully saturated rings. The normalized spacial score (nSPS) is 11.8. The summed E-state index contributed by atoms with van der Waals surface area (Å²) in [6, 6.07) is 14.7. The first-order valence-corrected chi connectivity index (χ1v) is 11.4. The number of rotatable bonds is 6. The SMILES string of the molecule is Cc1nn(Cc2ccccc2Cl)c(C)c1/C=C(\C#N)C(=O)Nc1ccc(S(N)(=O)=O)cc1.